The molecule has 4 nitrogen and oxygen atoms in total. The maximum absolute atomic E-state index is 12.8. The predicted octanol–water partition coefficient (Wildman–Crippen LogP) is 1.73. The van der Waals surface area contributed by atoms with Gasteiger partial charge in [-0.1, -0.05) is 13.0 Å². The number of rotatable bonds is 6. The van der Waals surface area contributed by atoms with Crippen molar-refractivity contribution < 1.29 is 13.9 Å². The molecular formula is C13H20ClFN2O2. The maximum Gasteiger partial charge on any atom is 0.224 e. The lowest BCUT2D eigenvalue weighted by Crippen LogP contribution is -2.40. The fourth-order valence-corrected chi connectivity index (χ4v) is 1.30. The molecule has 0 saturated heterocycles. The van der Waals surface area contributed by atoms with Crippen molar-refractivity contribution in [2.24, 2.45) is 11.7 Å². The van der Waals surface area contributed by atoms with Gasteiger partial charge in [-0.3, -0.25) is 4.79 Å². The Kier molecular flexibility index (Phi) is 8.11. The standard InChI is InChI=1S/C13H19FN2O2.ClH/c1-9(10(2)15)13(17)16-6-7-18-12-5-3-4-11(14)8-12;/h3-5,8-10H,6-7,15H2,1-2H3,(H,16,17);1H. The number of ether oxygens (including phenoxy) is 1. The molecule has 0 radical (unpaired) electrons. The van der Waals surface area contributed by atoms with Gasteiger partial charge in [-0.05, 0) is 19.1 Å². The second-order valence-electron chi connectivity index (χ2n) is 4.24. The third kappa shape index (κ3) is 6.40. The molecule has 0 bridgehead atoms. The number of benzene rings is 1. The van der Waals surface area contributed by atoms with Gasteiger partial charge in [0, 0.05) is 18.0 Å². The summed E-state index contributed by atoms with van der Waals surface area (Å²) >= 11 is 0. The summed E-state index contributed by atoms with van der Waals surface area (Å²) in [7, 11) is 0. The van der Waals surface area contributed by atoms with Gasteiger partial charge in [0.25, 0.3) is 0 Å². The third-order valence-electron chi connectivity index (χ3n) is 2.67. The number of hydrogen-bond acceptors (Lipinski definition) is 3. The van der Waals surface area contributed by atoms with E-state index >= 15 is 0 Å². The van der Waals surface area contributed by atoms with E-state index in [1.165, 1.54) is 12.1 Å². The highest BCUT2D eigenvalue weighted by molar-refractivity contribution is 5.85. The summed E-state index contributed by atoms with van der Waals surface area (Å²) in [6.07, 6.45) is 0. The van der Waals surface area contributed by atoms with Gasteiger partial charge in [0.2, 0.25) is 5.91 Å². The van der Waals surface area contributed by atoms with Crippen LogP contribution in [0.25, 0.3) is 0 Å². The van der Waals surface area contributed by atoms with E-state index in [0.717, 1.165) is 0 Å². The Morgan fingerprint density at radius 2 is 2.16 bits per heavy atom. The minimum atomic E-state index is -0.345. The molecule has 0 saturated carbocycles. The molecule has 1 aromatic carbocycles. The smallest absolute Gasteiger partial charge is 0.224 e. The number of amides is 1. The van der Waals surface area contributed by atoms with Crippen LogP contribution in [-0.4, -0.2) is 25.1 Å². The molecule has 108 valence electrons. The number of nitrogens with two attached hydrogens (primary N) is 1. The number of halogens is 2. The van der Waals surface area contributed by atoms with E-state index in [1.807, 2.05) is 0 Å². The quantitative estimate of drug-likeness (QED) is 0.784. The first kappa shape index (κ1) is 17.7. The molecule has 0 aliphatic carbocycles. The molecule has 0 aliphatic heterocycles. The third-order valence-corrected chi connectivity index (χ3v) is 2.67. The molecule has 0 spiro atoms. The van der Waals surface area contributed by atoms with Crippen molar-refractivity contribution in [2.45, 2.75) is 19.9 Å². The highest BCUT2D eigenvalue weighted by Gasteiger charge is 2.15. The lowest BCUT2D eigenvalue weighted by molar-refractivity contribution is -0.125. The molecule has 1 aromatic rings. The topological polar surface area (TPSA) is 64.4 Å². The normalized spacial score (nSPS) is 13.1. The van der Waals surface area contributed by atoms with Crippen LogP contribution in [0.2, 0.25) is 0 Å². The Balaban J connectivity index is 0.00000324. The van der Waals surface area contributed by atoms with Crippen LogP contribution >= 0.6 is 12.4 Å². The van der Waals surface area contributed by atoms with Crippen LogP contribution in [0.15, 0.2) is 24.3 Å². The summed E-state index contributed by atoms with van der Waals surface area (Å²) in [5.41, 5.74) is 5.62. The molecule has 2 unspecified atom stereocenters. The second-order valence-corrected chi connectivity index (χ2v) is 4.24. The zero-order valence-electron chi connectivity index (χ0n) is 11.1. The van der Waals surface area contributed by atoms with Crippen LogP contribution in [0.4, 0.5) is 4.39 Å². The molecule has 2 atom stereocenters. The molecular weight excluding hydrogens is 271 g/mol. The summed E-state index contributed by atoms with van der Waals surface area (Å²) in [5, 5.41) is 2.71. The molecule has 0 aliphatic rings. The van der Waals surface area contributed by atoms with Crippen molar-refractivity contribution in [3.63, 3.8) is 0 Å². The monoisotopic (exact) mass is 290 g/mol. The van der Waals surface area contributed by atoms with Crippen LogP contribution in [-0.2, 0) is 4.79 Å². The van der Waals surface area contributed by atoms with E-state index in [2.05, 4.69) is 5.32 Å². The van der Waals surface area contributed by atoms with Crippen molar-refractivity contribution in [3.8, 4) is 5.75 Å². The molecule has 0 aromatic heterocycles. The van der Waals surface area contributed by atoms with Crippen molar-refractivity contribution in [2.75, 3.05) is 13.2 Å². The van der Waals surface area contributed by atoms with E-state index in [4.69, 9.17) is 10.5 Å². The maximum atomic E-state index is 12.8. The minimum absolute atomic E-state index is 0. The van der Waals surface area contributed by atoms with Crippen LogP contribution in [0.1, 0.15) is 13.8 Å². The van der Waals surface area contributed by atoms with Gasteiger partial charge in [0.05, 0.1) is 6.54 Å². The first-order valence-electron chi connectivity index (χ1n) is 5.92. The first-order valence-corrected chi connectivity index (χ1v) is 5.92. The fourth-order valence-electron chi connectivity index (χ4n) is 1.30. The molecule has 1 rings (SSSR count). The van der Waals surface area contributed by atoms with Gasteiger partial charge < -0.3 is 15.8 Å². The largest absolute Gasteiger partial charge is 0.492 e. The zero-order valence-corrected chi connectivity index (χ0v) is 11.9. The summed E-state index contributed by atoms with van der Waals surface area (Å²) in [5.74, 6) is -0.237. The van der Waals surface area contributed by atoms with E-state index < -0.39 is 0 Å². The SMILES string of the molecule is CC(N)C(C)C(=O)NCCOc1cccc(F)c1.Cl. The van der Waals surface area contributed by atoms with Crippen LogP contribution in [0.5, 0.6) is 5.75 Å². The average Bonchev–Trinajstić information content (AvgIpc) is 2.33. The number of hydrogen-bond donors (Lipinski definition) is 2. The van der Waals surface area contributed by atoms with Crippen molar-refractivity contribution in [1.82, 2.24) is 5.32 Å². The van der Waals surface area contributed by atoms with Gasteiger partial charge in [-0.15, -0.1) is 12.4 Å². The van der Waals surface area contributed by atoms with E-state index in [9.17, 15) is 9.18 Å². The molecule has 3 N–H and O–H groups in total. The van der Waals surface area contributed by atoms with Gasteiger partial charge in [-0.2, -0.15) is 0 Å². The van der Waals surface area contributed by atoms with E-state index in [1.54, 1.807) is 26.0 Å². The van der Waals surface area contributed by atoms with E-state index in [-0.39, 0.29) is 36.1 Å². The zero-order chi connectivity index (χ0) is 13.5. The highest BCUT2D eigenvalue weighted by Crippen LogP contribution is 2.11. The Hall–Kier alpha value is -1.33. The molecule has 0 heterocycles. The van der Waals surface area contributed by atoms with Gasteiger partial charge in [-0.25, -0.2) is 4.39 Å². The lowest BCUT2D eigenvalue weighted by atomic mass is 10.0. The molecule has 1 amide bonds. The molecule has 19 heavy (non-hydrogen) atoms. The lowest BCUT2D eigenvalue weighted by Gasteiger charge is -2.15. The summed E-state index contributed by atoms with van der Waals surface area (Å²) in [4.78, 5) is 11.5. The second kappa shape index (κ2) is 8.72. The van der Waals surface area contributed by atoms with Crippen molar-refractivity contribution in [1.29, 1.82) is 0 Å². The molecule has 6 heteroatoms. The average molecular weight is 291 g/mol. The summed E-state index contributed by atoms with van der Waals surface area (Å²) < 4.78 is 18.1. The summed E-state index contributed by atoms with van der Waals surface area (Å²) in [6, 6.07) is 5.69. The number of carbonyl (C=O) groups excluding carboxylic acids is 1. The first-order chi connectivity index (χ1) is 8.50. The van der Waals surface area contributed by atoms with Crippen molar-refractivity contribution >= 4 is 18.3 Å². The highest BCUT2D eigenvalue weighted by atomic mass is 35.5. The van der Waals surface area contributed by atoms with Crippen molar-refractivity contribution in [3.05, 3.63) is 30.1 Å². The van der Waals surface area contributed by atoms with Gasteiger partial charge >= 0.3 is 0 Å². The van der Waals surface area contributed by atoms with Gasteiger partial charge in [0.15, 0.2) is 0 Å². The van der Waals surface area contributed by atoms with Crippen LogP contribution < -0.4 is 15.8 Å². The Morgan fingerprint density at radius 3 is 2.74 bits per heavy atom. The van der Waals surface area contributed by atoms with Crippen LogP contribution in [0.3, 0.4) is 0 Å². The number of carbonyl (C=O) groups is 1. The Bertz CT molecular complexity index is 402. The minimum Gasteiger partial charge on any atom is -0.492 e. The molecule has 0 fully saturated rings. The Morgan fingerprint density at radius 1 is 1.47 bits per heavy atom. The Labute approximate surface area is 118 Å². The fraction of sp³-hybridized carbons (Fsp3) is 0.462. The summed E-state index contributed by atoms with van der Waals surface area (Å²) in [6.45, 7) is 4.22. The number of nitrogens with one attached hydrogen (secondary N) is 1. The van der Waals surface area contributed by atoms with Gasteiger partial charge in [0.1, 0.15) is 18.2 Å². The van der Waals surface area contributed by atoms with Crippen LogP contribution in [0, 0.1) is 11.7 Å². The van der Waals surface area contributed by atoms with E-state index in [0.29, 0.717) is 18.9 Å². The predicted molar refractivity (Wildman–Crippen MR) is 75.0 cm³/mol.